The Kier molecular flexibility index (Phi) is 10.0. The minimum Gasteiger partial charge on any atom is -0.376 e. The van der Waals surface area contributed by atoms with Crippen molar-refractivity contribution in [3.05, 3.63) is 134 Å². The molecule has 67 heavy (non-hydrogen) atoms. The van der Waals surface area contributed by atoms with Gasteiger partial charge in [0.1, 0.15) is 28.7 Å². The molecule has 3 aromatic carbocycles. The molecule has 6 heterocycles. The zero-order chi connectivity index (χ0) is 46.8. The van der Waals surface area contributed by atoms with Crippen molar-refractivity contribution < 1.29 is 31.8 Å². The number of H-pyrrole nitrogens is 1. The second-order valence-corrected chi connectivity index (χ2v) is 21.2. The van der Waals surface area contributed by atoms with Crippen LogP contribution in [-0.4, -0.2) is 69.4 Å². The maximum atomic E-state index is 16.0. The van der Waals surface area contributed by atoms with E-state index in [2.05, 4.69) is 49.1 Å². The maximum Gasteiger partial charge on any atom is 0.438 e. The van der Waals surface area contributed by atoms with Crippen LogP contribution in [0.2, 0.25) is 0 Å². The molecule has 346 valence electrons. The molecular formula is C50H50F2N8O6S. The number of carbonyl (C=O) groups is 1. The number of halogens is 2. The van der Waals surface area contributed by atoms with Crippen LogP contribution in [0.5, 0.6) is 0 Å². The molecule has 2 saturated carbocycles. The second-order valence-electron chi connectivity index (χ2n) is 19.4. The fourth-order valence-corrected chi connectivity index (χ4v) is 12.2. The molecule has 6 aromatic rings. The van der Waals surface area contributed by atoms with E-state index in [1.165, 1.54) is 17.0 Å². The Morgan fingerprint density at radius 2 is 1.72 bits per heavy atom. The molecule has 14 nitrogen and oxygen atoms in total. The molecule has 5 atom stereocenters. The van der Waals surface area contributed by atoms with Gasteiger partial charge in [-0.05, 0) is 144 Å². The summed E-state index contributed by atoms with van der Waals surface area (Å²) >= 11 is 0. The number of rotatable bonds is 9. The van der Waals surface area contributed by atoms with E-state index >= 15 is 13.6 Å². The molecule has 0 radical (unpaired) electrons. The number of anilines is 2. The Balaban J connectivity index is 1.02. The van der Waals surface area contributed by atoms with Gasteiger partial charge in [0, 0.05) is 58.6 Å². The lowest BCUT2D eigenvalue weighted by molar-refractivity contribution is -0.0592. The normalized spacial score (nSPS) is 23.8. The van der Waals surface area contributed by atoms with Crippen molar-refractivity contribution in [3.63, 3.8) is 0 Å². The molecular weight excluding hydrogens is 879 g/mol. The van der Waals surface area contributed by atoms with E-state index in [0.717, 1.165) is 42.1 Å². The summed E-state index contributed by atoms with van der Waals surface area (Å²) in [4.78, 5) is 49.1. The number of amides is 1. The number of nitrogens with zero attached hydrogens (tertiary/aromatic N) is 7. The monoisotopic (exact) mass is 928 g/mol. The van der Waals surface area contributed by atoms with Crippen molar-refractivity contribution in [3.8, 4) is 5.69 Å². The number of ether oxygens (including phenoxy) is 1. The summed E-state index contributed by atoms with van der Waals surface area (Å²) in [6.07, 6.45) is 7.48. The topological polar surface area (TPSA) is 152 Å². The van der Waals surface area contributed by atoms with Crippen molar-refractivity contribution in [1.29, 1.82) is 0 Å². The summed E-state index contributed by atoms with van der Waals surface area (Å²) in [6, 6.07) is 15.4. The highest BCUT2D eigenvalue weighted by molar-refractivity contribution is 7.86. The van der Waals surface area contributed by atoms with Gasteiger partial charge in [-0.15, -0.1) is 0 Å². The van der Waals surface area contributed by atoms with Crippen molar-refractivity contribution in [2.75, 3.05) is 23.0 Å². The van der Waals surface area contributed by atoms with Gasteiger partial charge in [0.25, 0.3) is 5.91 Å². The Morgan fingerprint density at radius 3 is 2.37 bits per heavy atom. The van der Waals surface area contributed by atoms with Crippen LogP contribution >= 0.6 is 0 Å². The minimum absolute atomic E-state index is 0.0101. The van der Waals surface area contributed by atoms with Gasteiger partial charge in [-0.25, -0.2) is 23.1 Å². The Bertz CT molecular complexity index is 3210. The first-order valence-electron chi connectivity index (χ1n) is 22.9. The molecule has 0 spiro atoms. The molecule has 1 unspecified atom stereocenters. The standard InChI is InChI=1S/C50H50F2N8O6S/c1-27-19-34(20-28(2)44(27)52)60-45(58-17-16-57(42(58)26-61)40-12-10-36(23-37(40)51)67(64)35-8-9-35)43-30(4)56(15-13-38(43)54-60)46(62)41-22-33-21-31(32-14-18-65-49(5,6)25-32)7-11-39(33)59(41)50(24-29(50)3)47-53-48(63)66-55-47/h7,10-12,16-17,19-23,29-30,32,35H,8-9,13-15,18,24-25H2,1-6H3,(H,53,55,63)/t29-,30-,32-,50-,67?/m0/s1. The van der Waals surface area contributed by atoms with Gasteiger partial charge in [0.2, 0.25) is 5.82 Å². The first kappa shape index (κ1) is 43.2. The average Bonchev–Trinajstić information content (AvgIpc) is 3.99. The Labute approximate surface area is 387 Å². The predicted octanol–water partition coefficient (Wildman–Crippen LogP) is 8.35. The number of aromatic amines is 1. The third-order valence-electron chi connectivity index (χ3n) is 14.5. The molecule has 5 aliphatic rings. The fourth-order valence-electron chi connectivity index (χ4n) is 10.8. The van der Waals surface area contributed by atoms with Gasteiger partial charge >= 0.3 is 5.76 Å². The quantitative estimate of drug-likeness (QED) is 0.140. The summed E-state index contributed by atoms with van der Waals surface area (Å²) in [5, 5.41) is 10.2. The van der Waals surface area contributed by atoms with E-state index in [-0.39, 0.29) is 52.5 Å². The molecule has 3 fully saturated rings. The zero-order valence-corrected chi connectivity index (χ0v) is 38.9. The number of hydrogen-bond acceptors (Lipinski definition) is 10. The largest absolute Gasteiger partial charge is 0.438 e. The van der Waals surface area contributed by atoms with Crippen LogP contribution in [-0.2, 0) is 32.3 Å². The van der Waals surface area contributed by atoms with E-state index in [4.69, 9.17) is 14.4 Å². The van der Waals surface area contributed by atoms with Crippen LogP contribution in [0.4, 0.5) is 20.3 Å². The van der Waals surface area contributed by atoms with E-state index in [9.17, 15) is 13.8 Å². The van der Waals surface area contributed by atoms with Gasteiger partial charge in [-0.1, -0.05) is 18.1 Å². The minimum atomic E-state index is -1.34. The molecule has 1 amide bonds. The van der Waals surface area contributed by atoms with Gasteiger partial charge < -0.3 is 14.2 Å². The molecule has 3 aliphatic heterocycles. The summed E-state index contributed by atoms with van der Waals surface area (Å²) in [5.74, 6) is 0.986. The first-order chi connectivity index (χ1) is 32.1. The number of hydrogen-bond donors (Lipinski definition) is 1. The SMILES string of the molecule is Cc1cc(-n2nc3c(c2N2C=CN(c4ccc(S(=O)C5CC5)cc4F)C2=C=O)[C@H](C)N(C(=O)c2cc4cc([C@H]5CCOC(C)(C)C5)ccc4n2[C@@]2(c4noc(=O)[nH]4)C[C@@H]2C)CC3)cc(C)c1F. The van der Waals surface area contributed by atoms with E-state index in [1.807, 2.05) is 23.5 Å². The lowest BCUT2D eigenvalue weighted by Gasteiger charge is -2.35. The van der Waals surface area contributed by atoms with E-state index in [1.54, 1.807) is 58.9 Å². The number of nitrogens with one attached hydrogen (secondary N) is 1. The average molecular weight is 929 g/mol. The van der Waals surface area contributed by atoms with Gasteiger partial charge in [-0.3, -0.25) is 28.3 Å². The number of fused-ring (bicyclic) bond motifs is 2. The number of aryl methyl sites for hydroxylation is 2. The van der Waals surface area contributed by atoms with Crippen molar-refractivity contribution in [2.24, 2.45) is 5.92 Å². The smallest absolute Gasteiger partial charge is 0.376 e. The predicted molar refractivity (Wildman–Crippen MR) is 247 cm³/mol. The lowest BCUT2D eigenvalue weighted by Crippen LogP contribution is -2.41. The summed E-state index contributed by atoms with van der Waals surface area (Å²) in [5.41, 5.74) is 3.90. The Morgan fingerprint density at radius 1 is 0.970 bits per heavy atom. The molecule has 2 aliphatic carbocycles. The van der Waals surface area contributed by atoms with Crippen LogP contribution in [0.25, 0.3) is 16.6 Å². The Hall–Kier alpha value is -6.42. The third kappa shape index (κ3) is 6.95. The van der Waals surface area contributed by atoms with Crippen LogP contribution < -0.4 is 15.6 Å². The van der Waals surface area contributed by atoms with Crippen molar-refractivity contribution in [1.82, 2.24) is 29.4 Å². The summed E-state index contributed by atoms with van der Waals surface area (Å²) in [6.45, 7) is 12.5. The number of aromatic nitrogens is 5. The second kappa shape index (κ2) is 15.6. The molecule has 0 bridgehead atoms. The molecule has 1 saturated heterocycles. The fraction of sp³-hybridized carbons (Fsp3) is 0.400. The van der Waals surface area contributed by atoms with Crippen LogP contribution in [0.1, 0.15) is 116 Å². The van der Waals surface area contributed by atoms with Crippen LogP contribution in [0, 0.1) is 31.4 Å². The van der Waals surface area contributed by atoms with Gasteiger partial charge in [0.15, 0.2) is 11.8 Å². The third-order valence-corrected chi connectivity index (χ3v) is 16.3. The molecule has 17 heteroatoms. The molecule has 1 N–H and O–H groups in total. The molecule has 3 aromatic heterocycles. The molecule has 11 rings (SSSR count). The maximum absolute atomic E-state index is 16.0. The lowest BCUT2D eigenvalue weighted by atomic mass is 9.83. The zero-order valence-electron chi connectivity index (χ0n) is 38.1. The van der Waals surface area contributed by atoms with E-state index in [0.29, 0.717) is 69.8 Å². The highest BCUT2D eigenvalue weighted by atomic mass is 32.2. The van der Waals surface area contributed by atoms with Crippen molar-refractivity contribution in [2.45, 2.75) is 113 Å². The number of benzene rings is 3. The summed E-state index contributed by atoms with van der Waals surface area (Å²) < 4.78 is 58.9. The highest BCUT2D eigenvalue weighted by Gasteiger charge is 2.59. The van der Waals surface area contributed by atoms with Crippen LogP contribution in [0.3, 0.4) is 0 Å². The van der Waals surface area contributed by atoms with Gasteiger partial charge in [-0.2, -0.15) is 5.10 Å². The van der Waals surface area contributed by atoms with Gasteiger partial charge in [0.05, 0.1) is 39.5 Å². The van der Waals surface area contributed by atoms with Crippen LogP contribution in [0.15, 0.2) is 87.0 Å². The number of carbonyl (C=O) groups excluding carboxylic acids is 2. The van der Waals surface area contributed by atoms with Crippen molar-refractivity contribution >= 4 is 45.1 Å². The summed E-state index contributed by atoms with van der Waals surface area (Å²) in [7, 11) is -1.34. The highest BCUT2D eigenvalue weighted by Crippen LogP contribution is 2.56. The van der Waals surface area contributed by atoms with E-state index < -0.39 is 34.0 Å². The first-order valence-corrected chi connectivity index (χ1v) is 24.1.